The van der Waals surface area contributed by atoms with Crippen molar-refractivity contribution in [2.45, 2.75) is 26.3 Å². The first kappa shape index (κ1) is 23.4. The number of nitrogens with zero attached hydrogens (tertiary/aromatic N) is 1. The Morgan fingerprint density at radius 2 is 2.00 bits per heavy atom. The van der Waals surface area contributed by atoms with Gasteiger partial charge in [-0.25, -0.2) is 4.39 Å². The summed E-state index contributed by atoms with van der Waals surface area (Å²) in [6.07, 6.45) is 4.62. The molecule has 0 saturated heterocycles. The summed E-state index contributed by atoms with van der Waals surface area (Å²) in [7, 11) is 1.49. The Hall–Kier alpha value is -3.81. The van der Waals surface area contributed by atoms with Gasteiger partial charge in [-0.2, -0.15) is 0 Å². The normalized spacial score (nSPS) is 13.7. The molecule has 2 N–H and O–H groups in total. The summed E-state index contributed by atoms with van der Waals surface area (Å²) < 4.78 is 24.4. The predicted octanol–water partition coefficient (Wildman–Crippen LogP) is 4.15. The van der Waals surface area contributed by atoms with Crippen molar-refractivity contribution in [3.8, 4) is 11.5 Å². The summed E-state index contributed by atoms with van der Waals surface area (Å²) in [6, 6.07) is 9.68. The average Bonchev–Trinajstić information content (AvgIpc) is 3.24. The SMILES string of the molecule is COc1cc(C(=O)N2CC=C(c3c[nH]c4cc(F)ccc34)CC2)ccc1OCC(=O)NC(C)C. The Kier molecular flexibility index (Phi) is 6.86. The maximum Gasteiger partial charge on any atom is 0.258 e. The molecule has 34 heavy (non-hydrogen) atoms. The van der Waals surface area contributed by atoms with E-state index < -0.39 is 0 Å². The molecule has 2 heterocycles. The van der Waals surface area contributed by atoms with Crippen molar-refractivity contribution in [1.29, 1.82) is 0 Å². The van der Waals surface area contributed by atoms with Crippen LogP contribution >= 0.6 is 0 Å². The molecule has 2 aromatic carbocycles. The lowest BCUT2D eigenvalue weighted by Crippen LogP contribution is -2.34. The van der Waals surface area contributed by atoms with Crippen molar-refractivity contribution in [1.82, 2.24) is 15.2 Å². The fraction of sp³-hybridized carbons (Fsp3) is 0.308. The molecule has 1 aliphatic rings. The van der Waals surface area contributed by atoms with Crippen LogP contribution in [0.15, 0.2) is 48.7 Å². The highest BCUT2D eigenvalue weighted by Gasteiger charge is 2.22. The second kappa shape index (κ2) is 9.99. The van der Waals surface area contributed by atoms with Gasteiger partial charge < -0.3 is 24.7 Å². The van der Waals surface area contributed by atoms with Crippen molar-refractivity contribution in [2.24, 2.45) is 0 Å². The van der Waals surface area contributed by atoms with Crippen molar-refractivity contribution in [3.05, 3.63) is 65.6 Å². The van der Waals surface area contributed by atoms with Gasteiger partial charge in [-0.05, 0) is 62.2 Å². The summed E-state index contributed by atoms with van der Waals surface area (Å²) in [5, 5.41) is 3.73. The molecule has 8 heteroatoms. The van der Waals surface area contributed by atoms with Gasteiger partial charge in [0.15, 0.2) is 18.1 Å². The number of carbonyl (C=O) groups is 2. The molecule has 2 amide bonds. The number of aromatic amines is 1. The molecule has 0 fully saturated rings. The minimum atomic E-state index is -0.277. The smallest absolute Gasteiger partial charge is 0.258 e. The van der Waals surface area contributed by atoms with Gasteiger partial charge in [-0.3, -0.25) is 9.59 Å². The first-order valence-electron chi connectivity index (χ1n) is 11.2. The van der Waals surface area contributed by atoms with Crippen LogP contribution in [0.5, 0.6) is 11.5 Å². The number of hydrogen-bond acceptors (Lipinski definition) is 4. The number of benzene rings is 2. The van der Waals surface area contributed by atoms with E-state index in [0.717, 1.165) is 22.0 Å². The first-order chi connectivity index (χ1) is 16.4. The number of halogens is 1. The van der Waals surface area contributed by atoms with Crippen LogP contribution in [0.2, 0.25) is 0 Å². The van der Waals surface area contributed by atoms with Gasteiger partial charge in [-0.1, -0.05) is 6.08 Å². The number of hydrogen-bond donors (Lipinski definition) is 2. The van der Waals surface area contributed by atoms with Crippen molar-refractivity contribution in [3.63, 3.8) is 0 Å². The van der Waals surface area contributed by atoms with Gasteiger partial charge in [0.1, 0.15) is 5.82 Å². The van der Waals surface area contributed by atoms with Crippen LogP contribution in [0.25, 0.3) is 16.5 Å². The molecule has 0 aliphatic carbocycles. The molecule has 4 rings (SSSR count). The van der Waals surface area contributed by atoms with E-state index in [-0.39, 0.29) is 30.3 Å². The van der Waals surface area contributed by atoms with Crippen molar-refractivity contribution >= 4 is 28.3 Å². The molecule has 7 nitrogen and oxygen atoms in total. The molecule has 0 bridgehead atoms. The number of amides is 2. The predicted molar refractivity (Wildman–Crippen MR) is 129 cm³/mol. The molecule has 1 aromatic heterocycles. The molecule has 3 aromatic rings. The quantitative estimate of drug-likeness (QED) is 0.549. The van der Waals surface area contributed by atoms with Gasteiger partial charge in [0, 0.05) is 47.4 Å². The number of aromatic nitrogens is 1. The summed E-state index contributed by atoms with van der Waals surface area (Å²) in [6.45, 7) is 4.65. The number of ether oxygens (including phenoxy) is 2. The fourth-order valence-corrected chi connectivity index (χ4v) is 4.07. The largest absolute Gasteiger partial charge is 0.493 e. The summed E-state index contributed by atoms with van der Waals surface area (Å²) in [4.78, 5) is 29.8. The minimum absolute atomic E-state index is 0.0241. The Morgan fingerprint density at radius 3 is 2.71 bits per heavy atom. The van der Waals surface area contributed by atoms with Gasteiger partial charge in [-0.15, -0.1) is 0 Å². The third-order valence-corrected chi connectivity index (χ3v) is 5.71. The van der Waals surface area contributed by atoms with E-state index in [9.17, 15) is 14.0 Å². The van der Waals surface area contributed by atoms with Crippen molar-refractivity contribution in [2.75, 3.05) is 26.8 Å². The zero-order valence-electron chi connectivity index (χ0n) is 19.5. The Morgan fingerprint density at radius 1 is 1.18 bits per heavy atom. The van der Waals surface area contributed by atoms with Crippen molar-refractivity contribution < 1.29 is 23.5 Å². The van der Waals surface area contributed by atoms with E-state index in [1.54, 1.807) is 29.2 Å². The van der Waals surface area contributed by atoms with Crippen LogP contribution < -0.4 is 14.8 Å². The highest BCUT2D eigenvalue weighted by atomic mass is 19.1. The minimum Gasteiger partial charge on any atom is -0.493 e. The lowest BCUT2D eigenvalue weighted by atomic mass is 9.98. The third-order valence-electron chi connectivity index (χ3n) is 5.71. The number of nitrogens with one attached hydrogen (secondary N) is 2. The maximum atomic E-state index is 13.5. The number of methoxy groups -OCH3 is 1. The van der Waals surface area contributed by atoms with Crippen LogP contribution in [0.4, 0.5) is 4.39 Å². The maximum absolute atomic E-state index is 13.5. The summed E-state index contributed by atoms with van der Waals surface area (Å²) in [5.41, 5.74) is 3.40. The van der Waals surface area contributed by atoms with E-state index in [0.29, 0.717) is 36.6 Å². The van der Waals surface area contributed by atoms with E-state index in [4.69, 9.17) is 9.47 Å². The second-order valence-corrected chi connectivity index (χ2v) is 8.50. The summed E-state index contributed by atoms with van der Waals surface area (Å²) in [5.74, 6) is 0.171. The molecular weight excluding hydrogens is 437 g/mol. The average molecular weight is 466 g/mol. The van der Waals surface area contributed by atoms with Crippen LogP contribution in [0, 0.1) is 5.82 Å². The zero-order valence-corrected chi connectivity index (χ0v) is 19.5. The topological polar surface area (TPSA) is 83.7 Å². The van der Waals surface area contributed by atoms with Gasteiger partial charge in [0.05, 0.1) is 7.11 Å². The molecule has 0 radical (unpaired) electrons. The number of H-pyrrole nitrogens is 1. The molecule has 178 valence electrons. The number of rotatable bonds is 7. The Labute approximate surface area is 197 Å². The Balaban J connectivity index is 1.44. The molecule has 1 aliphatic heterocycles. The highest BCUT2D eigenvalue weighted by Crippen LogP contribution is 2.31. The lowest BCUT2D eigenvalue weighted by Gasteiger charge is -2.27. The fourth-order valence-electron chi connectivity index (χ4n) is 4.07. The van der Waals surface area contributed by atoms with Gasteiger partial charge >= 0.3 is 0 Å². The third kappa shape index (κ3) is 5.06. The van der Waals surface area contributed by atoms with Gasteiger partial charge in [0.25, 0.3) is 11.8 Å². The standard InChI is InChI=1S/C26H28FN3O4/c1-16(2)29-25(31)15-34-23-7-4-18(12-24(23)33-3)26(32)30-10-8-17(9-11-30)21-14-28-22-13-19(27)5-6-20(21)22/h4-8,12-14,16,28H,9-11,15H2,1-3H3,(H,29,31). The van der Waals surface area contributed by atoms with Crippen LogP contribution in [0.3, 0.4) is 0 Å². The second-order valence-electron chi connectivity index (χ2n) is 8.50. The van der Waals surface area contributed by atoms with Crippen LogP contribution in [0.1, 0.15) is 36.2 Å². The zero-order chi connectivity index (χ0) is 24.2. The van der Waals surface area contributed by atoms with Gasteiger partial charge in [0.2, 0.25) is 0 Å². The summed E-state index contributed by atoms with van der Waals surface area (Å²) >= 11 is 0. The molecule has 0 unspecified atom stereocenters. The molecule has 0 spiro atoms. The van der Waals surface area contributed by atoms with E-state index >= 15 is 0 Å². The van der Waals surface area contributed by atoms with E-state index in [1.165, 1.54) is 19.2 Å². The van der Waals surface area contributed by atoms with E-state index in [1.807, 2.05) is 26.1 Å². The van der Waals surface area contributed by atoms with E-state index in [2.05, 4.69) is 10.3 Å². The Bertz CT molecular complexity index is 1250. The van der Waals surface area contributed by atoms with Crippen LogP contribution in [-0.2, 0) is 4.79 Å². The molecular formula is C26H28FN3O4. The van der Waals surface area contributed by atoms with Crippen LogP contribution in [-0.4, -0.2) is 54.5 Å². The molecule has 0 saturated carbocycles. The number of fused-ring (bicyclic) bond motifs is 1. The monoisotopic (exact) mass is 465 g/mol. The number of carbonyl (C=O) groups excluding carboxylic acids is 2. The first-order valence-corrected chi connectivity index (χ1v) is 11.2. The lowest BCUT2D eigenvalue weighted by molar-refractivity contribution is -0.123. The molecule has 0 atom stereocenters. The highest BCUT2D eigenvalue weighted by molar-refractivity contribution is 5.96.